The van der Waals surface area contributed by atoms with E-state index in [9.17, 15) is 14.4 Å². The molecule has 1 aromatic heterocycles. The summed E-state index contributed by atoms with van der Waals surface area (Å²) in [5, 5.41) is 0.636. The van der Waals surface area contributed by atoms with E-state index in [1.165, 1.54) is 22.7 Å². The van der Waals surface area contributed by atoms with Gasteiger partial charge < -0.3 is 14.1 Å². The number of rotatable bonds is 5. The maximum Gasteiger partial charge on any atom is 0.336 e. The number of aryl methyl sites for hydroxylation is 1. The smallest absolute Gasteiger partial charge is 0.336 e. The van der Waals surface area contributed by atoms with Crippen LogP contribution in [0.1, 0.15) is 18.1 Å². The molecule has 7 heteroatoms. The number of esters is 1. The quantitative estimate of drug-likeness (QED) is 0.611. The zero-order valence-electron chi connectivity index (χ0n) is 13.2. The van der Waals surface area contributed by atoms with Crippen molar-refractivity contribution >= 4 is 33.9 Å². The van der Waals surface area contributed by atoms with Crippen molar-refractivity contribution in [1.29, 1.82) is 0 Å². The second-order valence-corrected chi connectivity index (χ2v) is 6.52. The molecular weight excluding hydrogens is 330 g/mol. The minimum absolute atomic E-state index is 0.0262. The third kappa shape index (κ3) is 3.62. The van der Waals surface area contributed by atoms with Crippen LogP contribution < -0.4 is 5.63 Å². The van der Waals surface area contributed by atoms with E-state index in [0.717, 1.165) is 17.4 Å². The van der Waals surface area contributed by atoms with Crippen LogP contribution in [0.3, 0.4) is 0 Å². The minimum atomic E-state index is -0.489. The summed E-state index contributed by atoms with van der Waals surface area (Å²) in [4.78, 5) is 36.6. The first-order chi connectivity index (χ1) is 11.6. The van der Waals surface area contributed by atoms with E-state index in [1.54, 1.807) is 0 Å². The Morgan fingerprint density at radius 2 is 2.17 bits per heavy atom. The van der Waals surface area contributed by atoms with Crippen LogP contribution in [0.15, 0.2) is 33.5 Å². The number of fused-ring (bicyclic) bond motifs is 1. The van der Waals surface area contributed by atoms with Crippen molar-refractivity contribution in [3.05, 3.63) is 45.8 Å². The maximum absolute atomic E-state index is 11.9. The lowest BCUT2D eigenvalue weighted by Gasteiger charge is -2.13. The Morgan fingerprint density at radius 3 is 2.88 bits per heavy atom. The zero-order valence-corrected chi connectivity index (χ0v) is 14.1. The lowest BCUT2D eigenvalue weighted by molar-refractivity contribution is -0.145. The summed E-state index contributed by atoms with van der Waals surface area (Å²) in [6, 6.07) is 6.97. The number of benzene rings is 1. The third-order valence-electron chi connectivity index (χ3n) is 3.86. The fourth-order valence-electron chi connectivity index (χ4n) is 2.54. The van der Waals surface area contributed by atoms with Gasteiger partial charge in [0.15, 0.2) is 0 Å². The van der Waals surface area contributed by atoms with E-state index in [-0.39, 0.29) is 18.4 Å². The molecule has 1 aromatic carbocycles. The molecule has 0 N–H and O–H groups in total. The van der Waals surface area contributed by atoms with Gasteiger partial charge in [-0.25, -0.2) is 4.79 Å². The van der Waals surface area contributed by atoms with E-state index < -0.39 is 11.6 Å². The van der Waals surface area contributed by atoms with Crippen LogP contribution in [-0.2, 0) is 22.6 Å². The topological polar surface area (TPSA) is 76.8 Å². The predicted molar refractivity (Wildman–Crippen MR) is 91.1 cm³/mol. The molecular formula is C17H17NO5S. The highest BCUT2D eigenvalue weighted by molar-refractivity contribution is 8.13. The molecule has 1 saturated heterocycles. The largest absolute Gasteiger partial charge is 0.459 e. The Kier molecular flexibility index (Phi) is 4.89. The second-order valence-electron chi connectivity index (χ2n) is 5.47. The van der Waals surface area contributed by atoms with Crippen molar-refractivity contribution in [3.63, 3.8) is 0 Å². The van der Waals surface area contributed by atoms with Gasteiger partial charge in [0.25, 0.3) is 5.24 Å². The monoisotopic (exact) mass is 347 g/mol. The Morgan fingerprint density at radius 1 is 1.33 bits per heavy atom. The van der Waals surface area contributed by atoms with Crippen molar-refractivity contribution in [2.75, 3.05) is 18.8 Å². The van der Waals surface area contributed by atoms with Gasteiger partial charge in [0.05, 0.1) is 0 Å². The normalized spacial score (nSPS) is 14.4. The van der Waals surface area contributed by atoms with Gasteiger partial charge in [-0.1, -0.05) is 30.8 Å². The summed E-state index contributed by atoms with van der Waals surface area (Å²) in [7, 11) is 0. The van der Waals surface area contributed by atoms with Crippen LogP contribution in [0.5, 0.6) is 0 Å². The van der Waals surface area contributed by atoms with E-state index in [4.69, 9.17) is 9.15 Å². The SMILES string of the molecule is CCc1ccc2c(COC(=O)CN3CCSC3=O)cc(=O)oc2c1. The molecule has 2 heterocycles. The summed E-state index contributed by atoms with van der Waals surface area (Å²) < 4.78 is 10.5. The maximum atomic E-state index is 11.9. The second kappa shape index (κ2) is 7.09. The lowest BCUT2D eigenvalue weighted by Crippen LogP contribution is -2.30. The summed E-state index contributed by atoms with van der Waals surface area (Å²) >= 11 is 1.19. The highest BCUT2D eigenvalue weighted by atomic mass is 32.2. The van der Waals surface area contributed by atoms with Crippen LogP contribution >= 0.6 is 11.8 Å². The standard InChI is InChI=1S/C17H17NO5S/c1-2-11-3-4-13-12(8-15(19)23-14(13)7-11)10-22-16(20)9-18-5-6-24-17(18)21/h3-4,7-8H,2,5-6,9-10H2,1H3. The first kappa shape index (κ1) is 16.6. The number of hydrogen-bond acceptors (Lipinski definition) is 6. The van der Waals surface area contributed by atoms with Crippen LogP contribution in [0.2, 0.25) is 0 Å². The number of nitrogens with zero attached hydrogens (tertiary/aromatic N) is 1. The van der Waals surface area contributed by atoms with Gasteiger partial charge in [0.1, 0.15) is 18.7 Å². The minimum Gasteiger partial charge on any atom is -0.459 e. The number of amides is 1. The van der Waals surface area contributed by atoms with Crippen molar-refractivity contribution in [3.8, 4) is 0 Å². The molecule has 1 aliphatic heterocycles. The molecule has 1 fully saturated rings. The van der Waals surface area contributed by atoms with Crippen LogP contribution in [-0.4, -0.2) is 35.0 Å². The van der Waals surface area contributed by atoms with Gasteiger partial charge in [-0.3, -0.25) is 9.59 Å². The third-order valence-corrected chi connectivity index (χ3v) is 4.75. The highest BCUT2D eigenvalue weighted by Crippen LogP contribution is 2.20. The molecule has 0 radical (unpaired) electrons. The molecule has 0 bridgehead atoms. The fraction of sp³-hybridized carbons (Fsp3) is 0.353. The first-order valence-corrected chi connectivity index (χ1v) is 8.68. The molecule has 0 unspecified atom stereocenters. The average molecular weight is 347 g/mol. The zero-order chi connectivity index (χ0) is 17.1. The molecule has 0 spiro atoms. The van der Waals surface area contributed by atoms with Crippen molar-refractivity contribution < 1.29 is 18.7 Å². The van der Waals surface area contributed by atoms with E-state index in [1.807, 2.05) is 25.1 Å². The molecule has 1 aliphatic rings. The Balaban J connectivity index is 1.73. The summed E-state index contributed by atoms with van der Waals surface area (Å²) in [5.41, 5.74) is 1.66. The lowest BCUT2D eigenvalue weighted by atomic mass is 10.1. The van der Waals surface area contributed by atoms with Gasteiger partial charge in [-0.15, -0.1) is 0 Å². The Bertz CT molecular complexity index is 844. The molecule has 24 heavy (non-hydrogen) atoms. The molecule has 6 nitrogen and oxygen atoms in total. The van der Waals surface area contributed by atoms with E-state index in [2.05, 4.69) is 0 Å². The van der Waals surface area contributed by atoms with Gasteiger partial charge in [-0.2, -0.15) is 0 Å². The summed E-state index contributed by atoms with van der Waals surface area (Å²) in [6.45, 7) is 2.48. The number of hydrogen-bond donors (Lipinski definition) is 0. The molecule has 0 aliphatic carbocycles. The number of ether oxygens (including phenoxy) is 1. The van der Waals surface area contributed by atoms with Crippen molar-refractivity contribution in [1.82, 2.24) is 4.90 Å². The molecule has 1 amide bonds. The van der Waals surface area contributed by atoms with E-state index in [0.29, 0.717) is 23.4 Å². The molecule has 0 saturated carbocycles. The Labute approximate surface area is 142 Å². The van der Waals surface area contributed by atoms with Crippen molar-refractivity contribution in [2.24, 2.45) is 0 Å². The fourth-order valence-corrected chi connectivity index (χ4v) is 3.37. The van der Waals surface area contributed by atoms with Gasteiger partial charge >= 0.3 is 11.6 Å². The molecule has 3 rings (SSSR count). The Hall–Kier alpha value is -2.28. The number of carbonyl (C=O) groups is 2. The number of carbonyl (C=O) groups excluding carboxylic acids is 2. The average Bonchev–Trinajstić information content (AvgIpc) is 2.96. The highest BCUT2D eigenvalue weighted by Gasteiger charge is 2.24. The predicted octanol–water partition coefficient (Wildman–Crippen LogP) is 2.57. The van der Waals surface area contributed by atoms with Crippen molar-refractivity contribution in [2.45, 2.75) is 20.0 Å². The number of thioether (sulfide) groups is 1. The molecule has 126 valence electrons. The van der Waals surface area contributed by atoms with Crippen LogP contribution in [0, 0.1) is 0 Å². The summed E-state index contributed by atoms with van der Waals surface area (Å²) in [5.74, 6) is 0.202. The van der Waals surface area contributed by atoms with E-state index >= 15 is 0 Å². The van der Waals surface area contributed by atoms with Gasteiger partial charge in [0, 0.05) is 29.3 Å². The molecule has 0 atom stereocenters. The van der Waals surface area contributed by atoms with Gasteiger partial charge in [-0.05, 0) is 18.1 Å². The van der Waals surface area contributed by atoms with Crippen LogP contribution in [0.25, 0.3) is 11.0 Å². The summed E-state index contributed by atoms with van der Waals surface area (Å²) in [6.07, 6.45) is 0.834. The first-order valence-electron chi connectivity index (χ1n) is 7.70. The van der Waals surface area contributed by atoms with Gasteiger partial charge in [0.2, 0.25) is 0 Å². The molecule has 2 aromatic rings. The van der Waals surface area contributed by atoms with Crippen LogP contribution in [0.4, 0.5) is 4.79 Å².